The van der Waals surface area contributed by atoms with Crippen molar-refractivity contribution in [3.8, 4) is 11.5 Å². The normalized spacial score (nSPS) is 19.7. The number of hydrogen-bond donors (Lipinski definition) is 3. The van der Waals surface area contributed by atoms with Gasteiger partial charge in [0.05, 0.1) is 7.11 Å². The standard InChI is InChI=1S/C27H31N3O4S/c1-16-11-17(26-13-20-23(33-2)6-4-8-25(20)35-26)9-10-30(16)14-18(31)15-34-24-7-3-5-21-19(24)12-22(29-21)27(28)32/h3-8,12-13,16-18,29,31H,9-11,14-15H2,1-2H3,(H2,28,32)/t16-,17+,18-/m0/s1. The van der Waals surface area contributed by atoms with E-state index in [4.69, 9.17) is 15.2 Å². The SMILES string of the molecule is COc1cccc2sc([C@@H]3CCN(C[C@H](O)COc4cccc5[nH]c(C(N)=O)cc45)[C@@H](C)C3)cc12. The van der Waals surface area contributed by atoms with Gasteiger partial charge in [-0.25, -0.2) is 0 Å². The van der Waals surface area contributed by atoms with Crippen molar-refractivity contribution in [2.24, 2.45) is 5.73 Å². The van der Waals surface area contributed by atoms with Crippen molar-refractivity contribution >= 4 is 38.2 Å². The molecule has 1 aliphatic heterocycles. The second kappa shape index (κ2) is 9.89. The Morgan fingerprint density at radius 1 is 1.23 bits per heavy atom. The quantitative estimate of drug-likeness (QED) is 0.336. The number of methoxy groups -OCH3 is 1. The summed E-state index contributed by atoms with van der Waals surface area (Å²) in [7, 11) is 1.72. The van der Waals surface area contributed by atoms with E-state index in [1.807, 2.05) is 41.7 Å². The molecule has 2 aromatic heterocycles. The number of primary amides is 1. The van der Waals surface area contributed by atoms with E-state index in [-0.39, 0.29) is 6.61 Å². The number of thiophene rings is 1. The van der Waals surface area contributed by atoms with Gasteiger partial charge in [0.2, 0.25) is 0 Å². The number of aliphatic hydroxyl groups excluding tert-OH is 1. The van der Waals surface area contributed by atoms with E-state index in [0.717, 1.165) is 36.0 Å². The summed E-state index contributed by atoms with van der Waals surface area (Å²) in [5.41, 5.74) is 6.50. The van der Waals surface area contributed by atoms with Crippen LogP contribution in [-0.4, -0.2) is 59.8 Å². The molecule has 184 valence electrons. The number of ether oxygens (including phenoxy) is 2. The molecule has 0 aliphatic carbocycles. The van der Waals surface area contributed by atoms with Crippen LogP contribution in [0.15, 0.2) is 48.5 Å². The van der Waals surface area contributed by atoms with Crippen molar-refractivity contribution in [1.82, 2.24) is 9.88 Å². The fourth-order valence-corrected chi connectivity index (χ4v) is 6.31. The van der Waals surface area contributed by atoms with E-state index in [2.05, 4.69) is 28.9 Å². The minimum atomic E-state index is -0.618. The van der Waals surface area contributed by atoms with Gasteiger partial charge in [-0.2, -0.15) is 0 Å². The molecule has 1 amide bonds. The van der Waals surface area contributed by atoms with Crippen LogP contribution in [0.3, 0.4) is 0 Å². The monoisotopic (exact) mass is 493 g/mol. The number of β-amino-alcohol motifs (C(OH)–C–C–N with tert-alkyl or cyclic N) is 1. The molecule has 5 rings (SSSR count). The molecule has 3 heterocycles. The summed E-state index contributed by atoms with van der Waals surface area (Å²) < 4.78 is 12.7. The lowest BCUT2D eigenvalue weighted by Gasteiger charge is -2.38. The summed E-state index contributed by atoms with van der Waals surface area (Å²) >= 11 is 1.86. The molecule has 1 saturated heterocycles. The second-order valence-electron chi connectivity index (χ2n) is 9.32. The summed E-state index contributed by atoms with van der Waals surface area (Å²) in [6, 6.07) is 16.1. The molecule has 4 N–H and O–H groups in total. The van der Waals surface area contributed by atoms with Crippen molar-refractivity contribution in [3.05, 3.63) is 59.1 Å². The van der Waals surface area contributed by atoms with Gasteiger partial charge in [-0.3, -0.25) is 9.69 Å². The largest absolute Gasteiger partial charge is 0.496 e. The summed E-state index contributed by atoms with van der Waals surface area (Å²) in [6.07, 6.45) is 1.50. The number of likely N-dealkylation sites (tertiary alicyclic amines) is 1. The number of aliphatic hydroxyl groups is 1. The fraction of sp³-hybridized carbons (Fsp3) is 0.370. The highest BCUT2D eigenvalue weighted by molar-refractivity contribution is 7.19. The van der Waals surface area contributed by atoms with E-state index in [1.54, 1.807) is 13.2 Å². The number of carbonyl (C=O) groups is 1. The van der Waals surface area contributed by atoms with Crippen LogP contribution in [0.5, 0.6) is 11.5 Å². The zero-order valence-electron chi connectivity index (χ0n) is 20.0. The number of hydrogen-bond acceptors (Lipinski definition) is 6. The number of carbonyl (C=O) groups excluding carboxylic acids is 1. The molecule has 0 saturated carbocycles. The van der Waals surface area contributed by atoms with E-state index in [1.165, 1.54) is 15.0 Å². The number of nitrogens with two attached hydrogens (primary N) is 1. The van der Waals surface area contributed by atoms with Gasteiger partial charge in [-0.15, -0.1) is 11.3 Å². The molecule has 1 aliphatic rings. The van der Waals surface area contributed by atoms with Gasteiger partial charge in [0.25, 0.3) is 5.91 Å². The van der Waals surface area contributed by atoms with Crippen LogP contribution in [0.25, 0.3) is 21.0 Å². The van der Waals surface area contributed by atoms with Gasteiger partial charge >= 0.3 is 0 Å². The van der Waals surface area contributed by atoms with Crippen LogP contribution in [0, 0.1) is 0 Å². The number of nitrogens with zero attached hydrogens (tertiary/aromatic N) is 1. The van der Waals surface area contributed by atoms with Crippen molar-refractivity contribution in [2.75, 3.05) is 26.8 Å². The molecule has 0 bridgehead atoms. The Balaban J connectivity index is 1.18. The minimum absolute atomic E-state index is 0.180. The number of piperidine rings is 1. The highest BCUT2D eigenvalue weighted by atomic mass is 32.1. The van der Waals surface area contributed by atoms with Gasteiger partial charge in [0, 0.05) is 38.5 Å². The number of aromatic nitrogens is 1. The Bertz CT molecular complexity index is 1350. The smallest absolute Gasteiger partial charge is 0.265 e. The molecule has 0 unspecified atom stereocenters. The minimum Gasteiger partial charge on any atom is -0.496 e. The Morgan fingerprint density at radius 2 is 2.03 bits per heavy atom. The van der Waals surface area contributed by atoms with E-state index >= 15 is 0 Å². The van der Waals surface area contributed by atoms with Crippen LogP contribution in [0.4, 0.5) is 0 Å². The first-order valence-corrected chi connectivity index (χ1v) is 12.8. The predicted octanol–water partition coefficient (Wildman–Crippen LogP) is 4.50. The summed E-state index contributed by atoms with van der Waals surface area (Å²) in [5, 5.41) is 12.7. The van der Waals surface area contributed by atoms with Gasteiger partial charge in [-0.05, 0) is 68.6 Å². The van der Waals surface area contributed by atoms with Crippen molar-refractivity contribution in [2.45, 2.75) is 37.8 Å². The Morgan fingerprint density at radius 3 is 2.80 bits per heavy atom. The van der Waals surface area contributed by atoms with Crippen LogP contribution in [0.2, 0.25) is 0 Å². The maximum atomic E-state index is 11.5. The lowest BCUT2D eigenvalue weighted by molar-refractivity contribution is 0.0408. The zero-order valence-corrected chi connectivity index (χ0v) is 20.8. The molecule has 1 fully saturated rings. The van der Waals surface area contributed by atoms with E-state index < -0.39 is 12.0 Å². The fourth-order valence-electron chi connectivity index (χ4n) is 5.08. The number of H-pyrrole nitrogens is 1. The molecule has 0 spiro atoms. The lowest BCUT2D eigenvalue weighted by Crippen LogP contribution is -2.45. The summed E-state index contributed by atoms with van der Waals surface area (Å²) in [6.45, 7) is 3.91. The van der Waals surface area contributed by atoms with Crippen molar-refractivity contribution in [3.63, 3.8) is 0 Å². The Kier molecular flexibility index (Phi) is 6.69. The molecule has 4 aromatic rings. The Hall–Kier alpha value is -3.07. The van der Waals surface area contributed by atoms with Crippen LogP contribution < -0.4 is 15.2 Å². The van der Waals surface area contributed by atoms with E-state index in [9.17, 15) is 9.90 Å². The molecular weight excluding hydrogens is 462 g/mol. The summed E-state index contributed by atoms with van der Waals surface area (Å²) in [5.74, 6) is 1.55. The molecule has 3 atom stereocenters. The third-order valence-corrected chi connectivity index (χ3v) is 8.21. The average Bonchev–Trinajstić information content (AvgIpc) is 3.49. The maximum absolute atomic E-state index is 11.5. The van der Waals surface area contributed by atoms with Gasteiger partial charge in [0.1, 0.15) is 29.9 Å². The third kappa shape index (κ3) is 4.87. The van der Waals surface area contributed by atoms with Crippen LogP contribution >= 0.6 is 11.3 Å². The molecule has 8 heteroatoms. The number of amides is 1. The topological polar surface area (TPSA) is 101 Å². The predicted molar refractivity (Wildman–Crippen MR) is 140 cm³/mol. The number of nitrogens with one attached hydrogen (secondary N) is 1. The van der Waals surface area contributed by atoms with Crippen LogP contribution in [-0.2, 0) is 0 Å². The van der Waals surface area contributed by atoms with Gasteiger partial charge in [0.15, 0.2) is 0 Å². The number of aromatic amines is 1. The molecule has 2 aromatic carbocycles. The van der Waals surface area contributed by atoms with Gasteiger partial charge in [-0.1, -0.05) is 12.1 Å². The first kappa shape index (κ1) is 23.7. The van der Waals surface area contributed by atoms with Gasteiger partial charge < -0.3 is 25.3 Å². The first-order valence-electron chi connectivity index (χ1n) is 12.0. The lowest BCUT2D eigenvalue weighted by atomic mass is 9.90. The molecule has 0 radical (unpaired) electrons. The number of fused-ring (bicyclic) bond motifs is 2. The molecular formula is C27H31N3O4S. The van der Waals surface area contributed by atoms with E-state index in [0.29, 0.717) is 29.9 Å². The summed E-state index contributed by atoms with van der Waals surface area (Å²) in [4.78, 5) is 18.2. The van der Waals surface area contributed by atoms with Crippen molar-refractivity contribution < 1.29 is 19.4 Å². The number of benzene rings is 2. The molecule has 7 nitrogen and oxygen atoms in total. The second-order valence-corrected chi connectivity index (χ2v) is 10.4. The van der Waals surface area contributed by atoms with Crippen LogP contribution in [0.1, 0.15) is 41.0 Å². The molecule has 35 heavy (non-hydrogen) atoms. The van der Waals surface area contributed by atoms with Crippen molar-refractivity contribution in [1.29, 1.82) is 0 Å². The maximum Gasteiger partial charge on any atom is 0.265 e. The highest BCUT2D eigenvalue weighted by Crippen LogP contribution is 2.40. The third-order valence-electron chi connectivity index (χ3n) is 6.94. The number of rotatable bonds is 8. The first-order chi connectivity index (χ1) is 16.9. The highest BCUT2D eigenvalue weighted by Gasteiger charge is 2.29. The Labute approximate surface area is 208 Å². The zero-order chi connectivity index (χ0) is 24.5. The average molecular weight is 494 g/mol.